The van der Waals surface area contributed by atoms with E-state index in [9.17, 15) is 8.42 Å². The van der Waals surface area contributed by atoms with Gasteiger partial charge >= 0.3 is 0 Å². The fourth-order valence-electron chi connectivity index (χ4n) is 3.17. The van der Waals surface area contributed by atoms with Gasteiger partial charge in [0.15, 0.2) is 0 Å². The van der Waals surface area contributed by atoms with E-state index in [0.29, 0.717) is 32.1 Å². The van der Waals surface area contributed by atoms with E-state index < -0.39 is 10.2 Å². The Bertz CT molecular complexity index is 415. The minimum atomic E-state index is -3.28. The number of hydrogen-bond donors (Lipinski definition) is 1. The van der Waals surface area contributed by atoms with Crippen LogP contribution in [0.2, 0.25) is 0 Å². The van der Waals surface area contributed by atoms with Crippen molar-refractivity contribution < 1.29 is 8.42 Å². The van der Waals surface area contributed by atoms with E-state index in [1.165, 1.54) is 0 Å². The van der Waals surface area contributed by atoms with E-state index in [-0.39, 0.29) is 0 Å². The quantitative estimate of drug-likeness (QED) is 0.786. The third-order valence-electron chi connectivity index (χ3n) is 4.50. The zero-order valence-electron chi connectivity index (χ0n) is 13.4. The van der Waals surface area contributed by atoms with Gasteiger partial charge in [0.25, 0.3) is 10.2 Å². The Morgan fingerprint density at radius 1 is 1.05 bits per heavy atom. The summed E-state index contributed by atoms with van der Waals surface area (Å²) in [4.78, 5) is 2.21. The molecule has 0 aromatic rings. The van der Waals surface area contributed by atoms with Crippen LogP contribution in [-0.2, 0) is 10.2 Å². The molecule has 2 fully saturated rings. The van der Waals surface area contributed by atoms with Gasteiger partial charge in [-0.05, 0) is 51.9 Å². The molecule has 2 saturated heterocycles. The van der Waals surface area contributed by atoms with E-state index in [0.717, 1.165) is 45.4 Å². The standard InChI is InChI=1S/C14H30N4O2S/c1-3-15-12-14-6-4-8-18(13-14)21(19,20)17-9-5-7-16(2)10-11-17/h14-15H,3-13H2,1-2H3. The molecule has 1 unspecified atom stereocenters. The summed E-state index contributed by atoms with van der Waals surface area (Å²) in [6.07, 6.45) is 3.02. The third-order valence-corrected chi connectivity index (χ3v) is 6.50. The molecule has 0 radical (unpaired) electrons. The van der Waals surface area contributed by atoms with Crippen molar-refractivity contribution in [3.8, 4) is 0 Å². The lowest BCUT2D eigenvalue weighted by atomic mass is 10.00. The predicted octanol–water partition coefficient (Wildman–Crippen LogP) is 0.190. The molecule has 0 aliphatic carbocycles. The first-order valence-electron chi connectivity index (χ1n) is 8.18. The van der Waals surface area contributed by atoms with Crippen LogP contribution in [0.25, 0.3) is 0 Å². The average Bonchev–Trinajstić information content (AvgIpc) is 2.70. The number of nitrogens with one attached hydrogen (secondary N) is 1. The third kappa shape index (κ3) is 4.63. The topological polar surface area (TPSA) is 55.9 Å². The van der Waals surface area contributed by atoms with Crippen molar-refractivity contribution in [1.29, 1.82) is 0 Å². The molecule has 2 heterocycles. The molecule has 2 rings (SSSR count). The molecule has 0 aromatic carbocycles. The van der Waals surface area contributed by atoms with Crippen molar-refractivity contribution >= 4 is 10.2 Å². The van der Waals surface area contributed by atoms with Gasteiger partial charge in [-0.2, -0.15) is 17.0 Å². The minimum absolute atomic E-state index is 0.447. The first kappa shape index (κ1) is 17.1. The van der Waals surface area contributed by atoms with Crippen LogP contribution in [0, 0.1) is 5.92 Å². The van der Waals surface area contributed by atoms with Crippen LogP contribution in [0.4, 0.5) is 0 Å². The summed E-state index contributed by atoms with van der Waals surface area (Å²) in [5, 5.41) is 3.34. The highest BCUT2D eigenvalue weighted by atomic mass is 32.2. The Hall–Kier alpha value is -0.210. The number of likely N-dealkylation sites (N-methyl/N-ethyl adjacent to an activating group) is 1. The Labute approximate surface area is 129 Å². The van der Waals surface area contributed by atoms with E-state index in [2.05, 4.69) is 24.2 Å². The Balaban J connectivity index is 1.97. The molecule has 0 saturated carbocycles. The Kier molecular flexibility index (Phi) is 6.43. The maximum absolute atomic E-state index is 12.8. The highest BCUT2D eigenvalue weighted by Gasteiger charge is 2.33. The van der Waals surface area contributed by atoms with Crippen LogP contribution in [0.5, 0.6) is 0 Å². The number of piperidine rings is 1. The summed E-state index contributed by atoms with van der Waals surface area (Å²) in [5.74, 6) is 0.447. The monoisotopic (exact) mass is 318 g/mol. The first-order valence-corrected chi connectivity index (χ1v) is 9.58. The molecule has 6 nitrogen and oxygen atoms in total. The highest BCUT2D eigenvalue weighted by Crippen LogP contribution is 2.21. The number of hydrogen-bond acceptors (Lipinski definition) is 4. The molecule has 2 aliphatic rings. The van der Waals surface area contributed by atoms with Crippen molar-refractivity contribution in [2.75, 3.05) is 59.4 Å². The molecule has 124 valence electrons. The van der Waals surface area contributed by atoms with Gasteiger partial charge in [-0.25, -0.2) is 0 Å². The molecule has 0 aromatic heterocycles. The zero-order chi connectivity index (χ0) is 15.3. The average molecular weight is 318 g/mol. The van der Waals surface area contributed by atoms with Gasteiger partial charge in [-0.15, -0.1) is 0 Å². The fourth-order valence-corrected chi connectivity index (χ4v) is 4.93. The fraction of sp³-hybridized carbons (Fsp3) is 1.00. The Morgan fingerprint density at radius 3 is 2.57 bits per heavy atom. The second-order valence-corrected chi connectivity index (χ2v) is 8.17. The number of nitrogens with zero attached hydrogens (tertiary/aromatic N) is 3. The maximum Gasteiger partial charge on any atom is 0.282 e. The van der Waals surface area contributed by atoms with Gasteiger partial charge in [-0.3, -0.25) is 0 Å². The summed E-state index contributed by atoms with van der Waals surface area (Å²) in [6.45, 7) is 8.38. The molecule has 0 amide bonds. The van der Waals surface area contributed by atoms with E-state index in [1.807, 2.05) is 0 Å². The highest BCUT2D eigenvalue weighted by molar-refractivity contribution is 7.86. The predicted molar refractivity (Wildman–Crippen MR) is 85.4 cm³/mol. The van der Waals surface area contributed by atoms with Crippen LogP contribution in [0.3, 0.4) is 0 Å². The van der Waals surface area contributed by atoms with Gasteiger partial charge in [0.1, 0.15) is 0 Å². The molecule has 0 spiro atoms. The second-order valence-electron chi connectivity index (χ2n) is 6.24. The SMILES string of the molecule is CCNCC1CCCN(S(=O)(=O)N2CCCN(C)CC2)C1. The first-order chi connectivity index (χ1) is 10.0. The molecule has 7 heteroatoms. The van der Waals surface area contributed by atoms with Crippen molar-refractivity contribution in [2.24, 2.45) is 5.92 Å². The lowest BCUT2D eigenvalue weighted by molar-refractivity contribution is 0.242. The smallest absolute Gasteiger partial charge is 0.282 e. The molecule has 21 heavy (non-hydrogen) atoms. The van der Waals surface area contributed by atoms with Gasteiger partial charge in [-0.1, -0.05) is 6.92 Å². The zero-order valence-corrected chi connectivity index (χ0v) is 14.2. The van der Waals surface area contributed by atoms with Crippen LogP contribution in [0.15, 0.2) is 0 Å². The molecule has 1 N–H and O–H groups in total. The lowest BCUT2D eigenvalue weighted by Gasteiger charge is -2.35. The minimum Gasteiger partial charge on any atom is -0.317 e. The summed E-state index contributed by atoms with van der Waals surface area (Å²) in [7, 11) is -1.22. The number of rotatable bonds is 5. The van der Waals surface area contributed by atoms with Crippen molar-refractivity contribution in [2.45, 2.75) is 26.2 Å². The van der Waals surface area contributed by atoms with E-state index in [4.69, 9.17) is 0 Å². The molecule has 0 bridgehead atoms. The van der Waals surface area contributed by atoms with Crippen LogP contribution >= 0.6 is 0 Å². The molecule has 1 atom stereocenters. The van der Waals surface area contributed by atoms with Crippen LogP contribution in [-0.4, -0.2) is 81.3 Å². The van der Waals surface area contributed by atoms with Crippen LogP contribution < -0.4 is 5.32 Å². The molecule has 2 aliphatic heterocycles. The summed E-state index contributed by atoms with van der Waals surface area (Å²) in [5.41, 5.74) is 0. The van der Waals surface area contributed by atoms with Gasteiger partial charge in [0.05, 0.1) is 0 Å². The maximum atomic E-state index is 12.8. The van der Waals surface area contributed by atoms with E-state index in [1.54, 1.807) is 8.61 Å². The largest absolute Gasteiger partial charge is 0.317 e. The van der Waals surface area contributed by atoms with Gasteiger partial charge in [0.2, 0.25) is 0 Å². The summed E-state index contributed by atoms with van der Waals surface area (Å²) in [6, 6.07) is 0. The van der Waals surface area contributed by atoms with E-state index >= 15 is 0 Å². The van der Waals surface area contributed by atoms with Crippen LogP contribution in [0.1, 0.15) is 26.2 Å². The van der Waals surface area contributed by atoms with Gasteiger partial charge in [0, 0.05) is 32.7 Å². The summed E-state index contributed by atoms with van der Waals surface area (Å²) < 4.78 is 29.1. The molecular formula is C14H30N4O2S. The van der Waals surface area contributed by atoms with Crippen molar-refractivity contribution in [3.63, 3.8) is 0 Å². The van der Waals surface area contributed by atoms with Crippen molar-refractivity contribution in [1.82, 2.24) is 18.8 Å². The lowest BCUT2D eigenvalue weighted by Crippen LogP contribution is -2.50. The summed E-state index contributed by atoms with van der Waals surface area (Å²) >= 11 is 0. The normalized spacial score (nSPS) is 27.6. The Morgan fingerprint density at radius 2 is 1.81 bits per heavy atom. The van der Waals surface area contributed by atoms with Crippen molar-refractivity contribution in [3.05, 3.63) is 0 Å². The molecular weight excluding hydrogens is 288 g/mol. The second kappa shape index (κ2) is 7.87. The van der Waals surface area contributed by atoms with Gasteiger partial charge < -0.3 is 10.2 Å².